The number of benzene rings is 1. The molecule has 3 rings (SSSR count). The summed E-state index contributed by atoms with van der Waals surface area (Å²) in [6, 6.07) is 0. The lowest BCUT2D eigenvalue weighted by atomic mass is 10.2. The third kappa shape index (κ3) is 4.63. The normalized spacial score (nSPS) is 12.7. The average molecular weight is 471 g/mol. The fourth-order valence-corrected chi connectivity index (χ4v) is 3.72. The van der Waals surface area contributed by atoms with Crippen LogP contribution in [0.1, 0.15) is 0 Å². The summed E-state index contributed by atoms with van der Waals surface area (Å²) in [7, 11) is 23.6. The van der Waals surface area contributed by atoms with Crippen LogP contribution in [0.5, 0.6) is 0 Å². The highest BCUT2D eigenvalue weighted by Gasteiger charge is 2.25. The summed E-state index contributed by atoms with van der Waals surface area (Å²) in [6.45, 7) is 0. The van der Waals surface area contributed by atoms with E-state index in [9.17, 15) is 0 Å². The van der Waals surface area contributed by atoms with Gasteiger partial charge in [0.15, 0.2) is 6.29 Å². The van der Waals surface area contributed by atoms with Crippen molar-refractivity contribution in [3.05, 3.63) is 10.7 Å². The number of hydrogen-bond donors (Lipinski definition) is 1. The van der Waals surface area contributed by atoms with Gasteiger partial charge in [-0.1, -0.05) is 0 Å². The molecule has 0 bridgehead atoms. The number of anilines is 1. The molecule has 0 spiro atoms. The van der Waals surface area contributed by atoms with Crippen LogP contribution in [0.15, 0.2) is 20.0 Å². The number of imidazole rings is 1. The Morgan fingerprint density at radius 3 is 1.53 bits per heavy atom. The van der Waals surface area contributed by atoms with E-state index in [2.05, 4.69) is 4.98 Å². The summed E-state index contributed by atoms with van der Waals surface area (Å²) in [5, 5.41) is 1.40. The molecule has 12 heteroatoms. The number of rotatable bonds is 4. The largest absolute Gasteiger partial charge is 0.349 e. The summed E-state index contributed by atoms with van der Waals surface area (Å²) in [5.74, 6) is 2.27. The maximum absolute atomic E-state index is 5.05. The molecule has 12 nitrogen and oxygen atoms in total. The lowest BCUT2D eigenvalue weighted by Crippen LogP contribution is -2.36. The van der Waals surface area contributed by atoms with E-state index in [4.69, 9.17) is 25.0 Å². The molecule has 0 aliphatic carbocycles. The highest BCUT2D eigenvalue weighted by Crippen LogP contribution is 2.30. The summed E-state index contributed by atoms with van der Waals surface area (Å²) in [4.78, 5) is 40.1. The van der Waals surface area contributed by atoms with Crippen LogP contribution in [0.3, 0.4) is 0 Å². The number of aromatic amines is 1. The number of aromatic nitrogens is 2. The van der Waals surface area contributed by atoms with Crippen LogP contribution in [0.4, 0.5) is 17.3 Å². The Labute approximate surface area is 201 Å². The van der Waals surface area contributed by atoms with E-state index in [-0.39, 0.29) is 6.29 Å². The summed E-state index contributed by atoms with van der Waals surface area (Å²) >= 11 is 0. The van der Waals surface area contributed by atoms with Gasteiger partial charge in [0.25, 0.3) is 0 Å². The first-order chi connectivity index (χ1) is 15.8. The van der Waals surface area contributed by atoms with Crippen molar-refractivity contribution in [2.24, 2.45) is 20.0 Å². The van der Waals surface area contributed by atoms with Gasteiger partial charge >= 0.3 is 0 Å². The van der Waals surface area contributed by atoms with Gasteiger partial charge in [-0.25, -0.2) is 25.0 Å². The summed E-state index contributed by atoms with van der Waals surface area (Å²) in [6.07, 6.45) is -0.359. The molecule has 1 unspecified atom stereocenters. The number of hydrogen-bond acceptors (Lipinski definition) is 7. The van der Waals surface area contributed by atoms with Crippen LogP contribution in [-0.4, -0.2) is 137 Å². The maximum atomic E-state index is 5.05. The smallest absolute Gasteiger partial charge is 0.203 e. The zero-order valence-electron chi connectivity index (χ0n) is 22.5. The molecule has 186 valence electrons. The Morgan fingerprint density at radius 1 is 0.676 bits per heavy atom. The van der Waals surface area contributed by atoms with Crippen LogP contribution in [0.25, 0.3) is 11.0 Å². The Morgan fingerprint density at radius 2 is 1.12 bits per heavy atom. The van der Waals surface area contributed by atoms with Crippen molar-refractivity contribution in [3.8, 4) is 0 Å². The quantitative estimate of drug-likeness (QED) is 0.494. The van der Waals surface area contributed by atoms with Crippen molar-refractivity contribution in [2.75, 3.05) is 89.5 Å². The average Bonchev–Trinajstić information content (AvgIpc) is 3.34. The molecule has 1 aromatic carbocycles. The third-order valence-corrected chi connectivity index (χ3v) is 5.22. The lowest BCUT2D eigenvalue weighted by Gasteiger charge is -2.23. The standard InChI is InChI=1S/C22H38N12/c1-29(2)19-23-13-14(24-19)18(28-22(33(9)10)34(11)12)16-15(25-20(26-16)30(3)4)17(13)27-21(31(5)6)32(7)8/h19H,1-12H3,(H,25,26). The summed E-state index contributed by atoms with van der Waals surface area (Å²) < 4.78 is 0. The van der Waals surface area contributed by atoms with Gasteiger partial charge in [0.1, 0.15) is 27.6 Å². The zero-order chi connectivity index (χ0) is 25.5. The fourth-order valence-electron chi connectivity index (χ4n) is 3.72. The van der Waals surface area contributed by atoms with Crippen LogP contribution in [0, 0.1) is 0 Å². The molecule has 0 radical (unpaired) electrons. The van der Waals surface area contributed by atoms with E-state index in [1.165, 1.54) is 0 Å². The van der Waals surface area contributed by atoms with Crippen LogP contribution in [-0.2, 0) is 0 Å². The van der Waals surface area contributed by atoms with Crippen molar-refractivity contribution >= 4 is 40.3 Å². The highest BCUT2D eigenvalue weighted by molar-refractivity contribution is 5.99. The van der Waals surface area contributed by atoms with Gasteiger partial charge in [-0.3, -0.25) is 4.90 Å². The third-order valence-electron chi connectivity index (χ3n) is 5.22. The van der Waals surface area contributed by atoms with E-state index in [1.54, 1.807) is 0 Å². The zero-order valence-corrected chi connectivity index (χ0v) is 22.5. The molecule has 0 amide bonds. The number of fused-ring (bicyclic) bond motifs is 2. The molecule has 1 aliphatic rings. The van der Waals surface area contributed by atoms with Gasteiger partial charge in [-0.05, 0) is 14.1 Å². The minimum atomic E-state index is -0.359. The molecule has 2 aromatic rings. The van der Waals surface area contributed by atoms with Crippen molar-refractivity contribution in [1.29, 1.82) is 0 Å². The molecule has 1 atom stereocenters. The van der Waals surface area contributed by atoms with Crippen LogP contribution >= 0.6 is 0 Å². The topological polar surface area (TPSA) is 97.6 Å². The number of guanidine groups is 2. The molecule has 0 saturated heterocycles. The second-order valence-electron chi connectivity index (χ2n) is 9.54. The maximum Gasteiger partial charge on any atom is 0.203 e. The second kappa shape index (κ2) is 9.45. The first kappa shape index (κ1) is 25.2. The SMILES string of the molecule is CN(C)C(=Nc1c2c(c(N=C(N(C)C)N(C)C)c3[nH]c(N(C)C)nc13)=NC(N(C)C)N=2)N(C)C. The first-order valence-corrected chi connectivity index (χ1v) is 11.0. The number of aliphatic imine (C=N–C) groups is 2. The van der Waals surface area contributed by atoms with E-state index < -0.39 is 0 Å². The number of nitrogens with one attached hydrogen (secondary N) is 1. The van der Waals surface area contributed by atoms with Crippen molar-refractivity contribution in [1.82, 2.24) is 34.5 Å². The highest BCUT2D eigenvalue weighted by atomic mass is 15.4. The number of H-pyrrole nitrogens is 1. The van der Waals surface area contributed by atoms with Gasteiger partial charge in [0.2, 0.25) is 17.9 Å². The molecule has 2 heterocycles. The van der Waals surface area contributed by atoms with Crippen molar-refractivity contribution in [3.63, 3.8) is 0 Å². The molecule has 0 fully saturated rings. The van der Waals surface area contributed by atoms with Gasteiger partial charge in [0.05, 0.1) is 5.52 Å². The molecular formula is C22H38N12. The van der Waals surface area contributed by atoms with Crippen molar-refractivity contribution < 1.29 is 0 Å². The molecule has 1 aliphatic heterocycles. The van der Waals surface area contributed by atoms with Gasteiger partial charge in [-0.2, -0.15) is 0 Å². The second-order valence-corrected chi connectivity index (χ2v) is 9.54. The van der Waals surface area contributed by atoms with E-state index in [1.807, 2.05) is 114 Å². The predicted molar refractivity (Wildman–Crippen MR) is 139 cm³/mol. The Hall–Kier alpha value is -3.41. The minimum absolute atomic E-state index is 0.359. The summed E-state index contributed by atoms with van der Waals surface area (Å²) in [5.41, 5.74) is 2.86. The van der Waals surface area contributed by atoms with Gasteiger partial charge < -0.3 is 29.5 Å². The first-order valence-electron chi connectivity index (χ1n) is 11.0. The van der Waals surface area contributed by atoms with Crippen molar-refractivity contribution in [2.45, 2.75) is 6.29 Å². The van der Waals surface area contributed by atoms with E-state index in [0.717, 1.165) is 17.4 Å². The Bertz CT molecular complexity index is 1120. The molecule has 1 aromatic heterocycles. The molecule has 1 N–H and O–H groups in total. The Balaban J connectivity index is 2.55. The van der Waals surface area contributed by atoms with Gasteiger partial charge in [0, 0.05) is 70.5 Å². The lowest BCUT2D eigenvalue weighted by molar-refractivity contribution is 0.311. The fraction of sp³-hybridized carbons (Fsp3) is 0.591. The predicted octanol–water partition coefficient (Wildman–Crippen LogP) is -0.0517. The number of nitrogens with zero attached hydrogens (tertiary/aromatic N) is 11. The van der Waals surface area contributed by atoms with Crippen LogP contribution < -0.4 is 15.6 Å². The molecule has 0 saturated carbocycles. The van der Waals surface area contributed by atoms with E-state index >= 15 is 0 Å². The van der Waals surface area contributed by atoms with E-state index in [0.29, 0.717) is 33.6 Å². The molecule has 34 heavy (non-hydrogen) atoms. The monoisotopic (exact) mass is 470 g/mol. The minimum Gasteiger partial charge on any atom is -0.349 e. The van der Waals surface area contributed by atoms with Gasteiger partial charge in [-0.15, -0.1) is 0 Å². The van der Waals surface area contributed by atoms with Crippen LogP contribution in [0.2, 0.25) is 0 Å². The molecular weight excluding hydrogens is 432 g/mol. The Kier molecular flexibility index (Phi) is 7.01.